The Kier molecular flexibility index (Phi) is 4.57. The molecule has 1 N–H and O–H groups in total. The lowest BCUT2D eigenvalue weighted by molar-refractivity contribution is -0.141. The van der Waals surface area contributed by atoms with Gasteiger partial charge in [0.1, 0.15) is 11.3 Å². The minimum atomic E-state index is -4.77. The highest BCUT2D eigenvalue weighted by Gasteiger charge is 2.40. The van der Waals surface area contributed by atoms with Crippen LogP contribution in [0.25, 0.3) is 11.3 Å². The molecule has 0 fully saturated rings. The molecular weight excluding hydrogens is 315 g/mol. The molecular formula is C14H14F3N3O3. The summed E-state index contributed by atoms with van der Waals surface area (Å²) in [6.07, 6.45) is -3.41. The normalized spacial score (nSPS) is 11.4. The Morgan fingerprint density at radius 3 is 2.65 bits per heavy atom. The van der Waals surface area contributed by atoms with Gasteiger partial charge < -0.3 is 9.47 Å². The van der Waals surface area contributed by atoms with E-state index in [0.29, 0.717) is 11.1 Å². The number of aromatic nitrogens is 3. The van der Waals surface area contributed by atoms with E-state index in [1.165, 1.54) is 26.3 Å². The van der Waals surface area contributed by atoms with Crippen molar-refractivity contribution < 1.29 is 27.4 Å². The Morgan fingerprint density at radius 1 is 1.39 bits per heavy atom. The Bertz CT molecular complexity index is 726. The van der Waals surface area contributed by atoms with Crippen molar-refractivity contribution in [2.24, 2.45) is 0 Å². The summed E-state index contributed by atoms with van der Waals surface area (Å²) in [5, 5.41) is 5.54. The average molecular weight is 329 g/mol. The van der Waals surface area contributed by atoms with Crippen molar-refractivity contribution in [3.05, 3.63) is 29.1 Å². The van der Waals surface area contributed by atoms with Gasteiger partial charge in [0.15, 0.2) is 5.69 Å². The number of carbonyl (C=O) groups is 1. The van der Waals surface area contributed by atoms with E-state index in [2.05, 4.69) is 10.1 Å². The summed E-state index contributed by atoms with van der Waals surface area (Å²) in [6, 6.07) is 1.46. The molecule has 0 aliphatic rings. The minimum absolute atomic E-state index is 0.0562. The van der Waals surface area contributed by atoms with Crippen molar-refractivity contribution in [1.82, 2.24) is 15.2 Å². The number of pyridine rings is 1. The Balaban J connectivity index is 2.69. The van der Waals surface area contributed by atoms with E-state index in [-0.39, 0.29) is 18.2 Å². The van der Waals surface area contributed by atoms with Gasteiger partial charge in [-0.1, -0.05) is 0 Å². The van der Waals surface area contributed by atoms with Crippen molar-refractivity contribution in [2.75, 3.05) is 13.7 Å². The maximum atomic E-state index is 13.1. The molecule has 2 aromatic heterocycles. The quantitative estimate of drug-likeness (QED) is 0.873. The first-order valence-electron chi connectivity index (χ1n) is 6.63. The van der Waals surface area contributed by atoms with Gasteiger partial charge in [0, 0.05) is 17.3 Å². The highest BCUT2D eigenvalue weighted by atomic mass is 19.4. The van der Waals surface area contributed by atoms with Gasteiger partial charge in [0.2, 0.25) is 5.88 Å². The number of hydrogen-bond donors (Lipinski definition) is 1. The Hall–Kier alpha value is -2.58. The molecule has 0 saturated carbocycles. The van der Waals surface area contributed by atoms with Crippen molar-refractivity contribution >= 4 is 5.97 Å². The zero-order valence-corrected chi connectivity index (χ0v) is 12.6. The fraction of sp³-hybridized carbons (Fsp3) is 0.357. The smallest absolute Gasteiger partial charge is 0.433 e. The van der Waals surface area contributed by atoms with Crippen LogP contribution >= 0.6 is 0 Å². The number of nitrogens with one attached hydrogen (secondary N) is 1. The van der Waals surface area contributed by atoms with E-state index in [1.807, 2.05) is 5.10 Å². The molecule has 0 radical (unpaired) electrons. The van der Waals surface area contributed by atoms with Gasteiger partial charge in [-0.3, -0.25) is 5.10 Å². The van der Waals surface area contributed by atoms with Gasteiger partial charge in [-0.05, 0) is 19.9 Å². The summed E-state index contributed by atoms with van der Waals surface area (Å²) in [5.41, 5.74) is -1.31. The van der Waals surface area contributed by atoms with E-state index in [4.69, 9.17) is 9.47 Å². The molecule has 2 heterocycles. The number of rotatable bonds is 4. The fourth-order valence-electron chi connectivity index (χ4n) is 2.12. The van der Waals surface area contributed by atoms with E-state index >= 15 is 0 Å². The number of nitrogens with zero attached hydrogens (tertiary/aromatic N) is 2. The van der Waals surface area contributed by atoms with E-state index in [0.717, 1.165) is 0 Å². The largest absolute Gasteiger partial charge is 0.481 e. The van der Waals surface area contributed by atoms with Crippen LogP contribution in [0.5, 0.6) is 5.88 Å². The molecule has 0 aromatic carbocycles. The third-order valence-electron chi connectivity index (χ3n) is 3.14. The summed E-state index contributed by atoms with van der Waals surface area (Å²) in [5.74, 6) is -0.868. The van der Waals surface area contributed by atoms with Crippen LogP contribution in [0.2, 0.25) is 0 Å². The Morgan fingerprint density at radius 2 is 2.09 bits per heavy atom. The molecule has 6 nitrogen and oxygen atoms in total. The SMILES string of the molecule is CCOC(=O)c1c(-c2ccnc(OC)c2C)n[nH]c1C(F)(F)F. The standard InChI is InChI=1S/C14H14F3N3O3/c1-4-23-13(21)9-10(19-20-11(9)14(15,16)17)8-5-6-18-12(22-3)7(8)2/h5-6H,4H2,1-3H3,(H,19,20). The summed E-state index contributed by atoms with van der Waals surface area (Å²) in [6.45, 7) is 3.06. The number of H-pyrrole nitrogens is 1. The molecule has 23 heavy (non-hydrogen) atoms. The van der Waals surface area contributed by atoms with Gasteiger partial charge in [-0.2, -0.15) is 18.3 Å². The second-order valence-electron chi connectivity index (χ2n) is 4.53. The third kappa shape index (κ3) is 3.13. The predicted molar refractivity (Wildman–Crippen MR) is 74.1 cm³/mol. The first-order valence-corrected chi connectivity index (χ1v) is 6.63. The molecule has 0 bridgehead atoms. The topological polar surface area (TPSA) is 77.1 Å². The molecule has 0 spiro atoms. The third-order valence-corrected chi connectivity index (χ3v) is 3.14. The number of methoxy groups -OCH3 is 1. The second-order valence-corrected chi connectivity index (χ2v) is 4.53. The van der Waals surface area contributed by atoms with Crippen LogP contribution in [0.1, 0.15) is 28.5 Å². The lowest BCUT2D eigenvalue weighted by atomic mass is 10.0. The molecule has 2 rings (SSSR count). The summed E-state index contributed by atoms with van der Waals surface area (Å²) in [4.78, 5) is 16.0. The summed E-state index contributed by atoms with van der Waals surface area (Å²) in [7, 11) is 1.39. The molecule has 2 aromatic rings. The van der Waals surface area contributed by atoms with Gasteiger partial charge in [-0.15, -0.1) is 0 Å². The number of carbonyl (C=O) groups excluding carboxylic acids is 1. The molecule has 0 aliphatic carbocycles. The average Bonchev–Trinajstić information content (AvgIpc) is 2.92. The first-order chi connectivity index (χ1) is 10.8. The number of alkyl halides is 3. The zero-order valence-electron chi connectivity index (χ0n) is 12.6. The fourth-order valence-corrected chi connectivity index (χ4v) is 2.12. The zero-order chi connectivity index (χ0) is 17.2. The maximum Gasteiger partial charge on any atom is 0.433 e. The van der Waals surface area contributed by atoms with Gasteiger partial charge >= 0.3 is 12.1 Å². The monoisotopic (exact) mass is 329 g/mol. The highest BCUT2D eigenvalue weighted by molar-refractivity contribution is 5.98. The summed E-state index contributed by atoms with van der Waals surface area (Å²) >= 11 is 0. The van der Waals surface area contributed by atoms with Gasteiger partial charge in [0.05, 0.1) is 13.7 Å². The lowest BCUT2D eigenvalue weighted by Crippen LogP contribution is -2.15. The molecule has 9 heteroatoms. The van der Waals surface area contributed by atoms with Crippen molar-refractivity contribution in [3.63, 3.8) is 0 Å². The second kappa shape index (κ2) is 6.27. The van der Waals surface area contributed by atoms with Crippen LogP contribution < -0.4 is 4.74 Å². The van der Waals surface area contributed by atoms with E-state index in [9.17, 15) is 18.0 Å². The van der Waals surface area contributed by atoms with Crippen molar-refractivity contribution in [1.29, 1.82) is 0 Å². The maximum absolute atomic E-state index is 13.1. The van der Waals surface area contributed by atoms with Crippen LogP contribution in [0.3, 0.4) is 0 Å². The highest BCUT2D eigenvalue weighted by Crippen LogP contribution is 2.37. The number of halogens is 3. The van der Waals surface area contributed by atoms with E-state index in [1.54, 1.807) is 6.92 Å². The van der Waals surface area contributed by atoms with Crippen LogP contribution in [0, 0.1) is 6.92 Å². The van der Waals surface area contributed by atoms with Crippen molar-refractivity contribution in [3.8, 4) is 17.1 Å². The molecule has 0 amide bonds. The minimum Gasteiger partial charge on any atom is -0.481 e. The van der Waals surface area contributed by atoms with Gasteiger partial charge in [-0.25, -0.2) is 9.78 Å². The predicted octanol–water partition coefficient (Wildman–Crippen LogP) is 2.98. The number of hydrogen-bond acceptors (Lipinski definition) is 5. The molecule has 124 valence electrons. The summed E-state index contributed by atoms with van der Waals surface area (Å²) < 4.78 is 49.1. The number of aromatic amines is 1. The number of esters is 1. The molecule has 0 saturated heterocycles. The molecule has 0 unspecified atom stereocenters. The van der Waals surface area contributed by atoms with Crippen LogP contribution in [-0.4, -0.2) is 34.9 Å². The molecule has 0 aliphatic heterocycles. The van der Waals surface area contributed by atoms with Crippen LogP contribution in [0.15, 0.2) is 12.3 Å². The first kappa shape index (κ1) is 16.8. The Labute approximate surface area is 129 Å². The lowest BCUT2D eigenvalue weighted by Gasteiger charge is -2.10. The van der Waals surface area contributed by atoms with Crippen LogP contribution in [0.4, 0.5) is 13.2 Å². The molecule has 0 atom stereocenters. The van der Waals surface area contributed by atoms with Gasteiger partial charge in [0.25, 0.3) is 0 Å². The van der Waals surface area contributed by atoms with Crippen molar-refractivity contribution in [2.45, 2.75) is 20.0 Å². The van der Waals surface area contributed by atoms with E-state index < -0.39 is 23.4 Å². The number of ether oxygens (including phenoxy) is 2. The van der Waals surface area contributed by atoms with Crippen LogP contribution in [-0.2, 0) is 10.9 Å².